The smallest absolute Gasteiger partial charge is 0.319 e. The van der Waals surface area contributed by atoms with Crippen LogP contribution in [-0.4, -0.2) is 35.1 Å². The van der Waals surface area contributed by atoms with E-state index in [1.807, 2.05) is 0 Å². The van der Waals surface area contributed by atoms with E-state index in [9.17, 15) is 9.59 Å². The van der Waals surface area contributed by atoms with Gasteiger partial charge in [-0.15, -0.1) is 16.7 Å². The van der Waals surface area contributed by atoms with Crippen molar-refractivity contribution in [3.8, 4) is 0 Å². The van der Waals surface area contributed by atoms with Gasteiger partial charge >= 0.3 is 6.01 Å². The van der Waals surface area contributed by atoms with Crippen molar-refractivity contribution in [3.63, 3.8) is 0 Å². The van der Waals surface area contributed by atoms with E-state index in [0.29, 0.717) is 0 Å². The number of carbonyl (C=O) groups is 2. The van der Waals surface area contributed by atoms with Gasteiger partial charge in [-0.1, -0.05) is 5.10 Å². The molecule has 0 saturated heterocycles. The number of hydrogen-bond donors (Lipinski definition) is 2. The second-order valence-electron chi connectivity index (χ2n) is 2.90. The van der Waals surface area contributed by atoms with Crippen molar-refractivity contribution in [2.45, 2.75) is 5.88 Å². The molecule has 0 bridgehead atoms. The lowest BCUT2D eigenvalue weighted by Crippen LogP contribution is -2.39. The maximum absolute atomic E-state index is 10.8. The van der Waals surface area contributed by atoms with Crippen LogP contribution in [0.4, 0.5) is 6.01 Å². The molecule has 9 heteroatoms. The van der Waals surface area contributed by atoms with Crippen LogP contribution in [0.2, 0.25) is 0 Å². The molecular weight excluding hydrogens is 238 g/mol. The Balaban J connectivity index is 2.82. The molecule has 0 aromatic carbocycles. The molecule has 0 unspecified atom stereocenters. The number of halogens is 1. The van der Waals surface area contributed by atoms with Crippen LogP contribution in [0.15, 0.2) is 4.42 Å². The van der Waals surface area contributed by atoms with Crippen LogP contribution in [-0.2, 0) is 15.5 Å². The van der Waals surface area contributed by atoms with Gasteiger partial charge in [0.1, 0.15) is 19.0 Å². The maximum atomic E-state index is 10.8. The standard InChI is InChI=1S/C7H10ClN5O3/c8-1-6-11-12-7(16-6)13(2-4(9)14)3-5(10)15/h1-3H2,(H2,9,14)(H2,10,15). The molecule has 0 fully saturated rings. The van der Waals surface area contributed by atoms with Gasteiger partial charge in [-0.05, 0) is 0 Å². The van der Waals surface area contributed by atoms with E-state index in [1.165, 1.54) is 4.90 Å². The summed E-state index contributed by atoms with van der Waals surface area (Å²) >= 11 is 5.46. The Bertz CT molecular complexity index is 377. The normalized spacial score (nSPS) is 10.1. The molecule has 1 aromatic rings. The van der Waals surface area contributed by atoms with E-state index >= 15 is 0 Å². The lowest BCUT2D eigenvalue weighted by atomic mass is 10.4. The van der Waals surface area contributed by atoms with Crippen LogP contribution >= 0.6 is 11.6 Å². The number of alkyl halides is 1. The molecule has 0 aliphatic carbocycles. The summed E-state index contributed by atoms with van der Waals surface area (Å²) in [5.41, 5.74) is 9.99. The van der Waals surface area contributed by atoms with Crippen molar-refractivity contribution in [2.75, 3.05) is 18.0 Å². The van der Waals surface area contributed by atoms with Crippen LogP contribution < -0.4 is 16.4 Å². The van der Waals surface area contributed by atoms with Gasteiger partial charge in [-0.2, -0.15) is 0 Å². The SMILES string of the molecule is NC(=O)CN(CC(N)=O)c1nnc(CCl)o1. The minimum absolute atomic E-state index is 0.0201. The van der Waals surface area contributed by atoms with Gasteiger partial charge in [-0.25, -0.2) is 0 Å². The maximum Gasteiger partial charge on any atom is 0.319 e. The van der Waals surface area contributed by atoms with Crippen molar-refractivity contribution in [1.82, 2.24) is 10.2 Å². The highest BCUT2D eigenvalue weighted by Gasteiger charge is 2.18. The summed E-state index contributed by atoms with van der Waals surface area (Å²) in [6.45, 7) is -0.486. The summed E-state index contributed by atoms with van der Waals surface area (Å²) in [6, 6.07) is -0.0201. The zero-order valence-electron chi connectivity index (χ0n) is 8.22. The lowest BCUT2D eigenvalue weighted by molar-refractivity contribution is -0.117. The predicted molar refractivity (Wildman–Crippen MR) is 54.5 cm³/mol. The van der Waals surface area contributed by atoms with Crippen LogP contribution in [0, 0.1) is 0 Å². The molecule has 0 aliphatic rings. The van der Waals surface area contributed by atoms with Crippen molar-refractivity contribution in [3.05, 3.63) is 5.89 Å². The minimum Gasteiger partial charge on any atom is -0.407 e. The van der Waals surface area contributed by atoms with Gasteiger partial charge in [0.2, 0.25) is 17.7 Å². The van der Waals surface area contributed by atoms with Gasteiger partial charge in [0.05, 0.1) is 0 Å². The number of rotatable bonds is 6. The van der Waals surface area contributed by atoms with Crippen LogP contribution in [0.3, 0.4) is 0 Å². The summed E-state index contributed by atoms with van der Waals surface area (Å²) < 4.78 is 5.05. The van der Waals surface area contributed by atoms with Crippen molar-refractivity contribution >= 4 is 29.4 Å². The quantitative estimate of drug-likeness (QED) is 0.594. The fourth-order valence-electron chi connectivity index (χ4n) is 0.994. The molecule has 4 N–H and O–H groups in total. The third-order valence-electron chi connectivity index (χ3n) is 1.53. The number of amides is 2. The average Bonchev–Trinajstić information content (AvgIpc) is 2.63. The Hall–Kier alpha value is -1.83. The van der Waals surface area contributed by atoms with Gasteiger partial charge in [0, 0.05) is 0 Å². The Morgan fingerprint density at radius 3 is 2.19 bits per heavy atom. The average molecular weight is 248 g/mol. The van der Waals surface area contributed by atoms with Crippen molar-refractivity contribution < 1.29 is 14.0 Å². The third-order valence-corrected chi connectivity index (χ3v) is 1.76. The van der Waals surface area contributed by atoms with Crippen LogP contribution in [0.25, 0.3) is 0 Å². The summed E-state index contributed by atoms with van der Waals surface area (Å²) in [6.07, 6.45) is 0. The molecule has 16 heavy (non-hydrogen) atoms. The third kappa shape index (κ3) is 3.39. The number of hydrogen-bond acceptors (Lipinski definition) is 6. The molecule has 0 radical (unpaired) electrons. The highest BCUT2D eigenvalue weighted by atomic mass is 35.5. The Kier molecular flexibility index (Phi) is 4.06. The first-order valence-corrected chi connectivity index (χ1v) is 4.76. The van der Waals surface area contributed by atoms with E-state index in [1.54, 1.807) is 0 Å². The summed E-state index contributed by atoms with van der Waals surface area (Å²) in [5.74, 6) is -1.08. The van der Waals surface area contributed by atoms with Gasteiger partial charge < -0.3 is 20.8 Å². The first-order chi connectivity index (χ1) is 7.52. The Morgan fingerprint density at radius 2 is 1.81 bits per heavy atom. The van der Waals surface area contributed by atoms with Crippen LogP contribution in [0.1, 0.15) is 5.89 Å². The minimum atomic E-state index is -0.646. The molecule has 0 saturated carbocycles. The topological polar surface area (TPSA) is 128 Å². The van der Waals surface area contributed by atoms with Crippen molar-refractivity contribution in [2.24, 2.45) is 11.5 Å². The monoisotopic (exact) mass is 247 g/mol. The molecular formula is C7H10ClN5O3. The number of primary amides is 2. The zero-order chi connectivity index (χ0) is 12.1. The number of anilines is 1. The summed E-state index contributed by atoms with van der Waals surface area (Å²) in [7, 11) is 0. The molecule has 2 amide bonds. The van der Waals surface area contributed by atoms with E-state index in [0.717, 1.165) is 0 Å². The largest absolute Gasteiger partial charge is 0.407 e. The summed E-state index contributed by atoms with van der Waals surface area (Å²) in [5, 5.41) is 7.18. The van der Waals surface area contributed by atoms with Crippen molar-refractivity contribution in [1.29, 1.82) is 0 Å². The molecule has 1 heterocycles. The highest BCUT2D eigenvalue weighted by molar-refractivity contribution is 6.16. The fraction of sp³-hybridized carbons (Fsp3) is 0.429. The van der Waals surface area contributed by atoms with E-state index in [2.05, 4.69) is 10.2 Å². The molecule has 1 rings (SSSR count). The summed E-state index contributed by atoms with van der Waals surface area (Å²) in [4.78, 5) is 22.7. The Morgan fingerprint density at radius 1 is 1.25 bits per heavy atom. The molecule has 1 aromatic heterocycles. The second-order valence-corrected chi connectivity index (χ2v) is 3.17. The number of carbonyl (C=O) groups excluding carboxylic acids is 2. The Labute approximate surface area is 95.5 Å². The van der Waals surface area contributed by atoms with E-state index in [-0.39, 0.29) is 30.9 Å². The highest BCUT2D eigenvalue weighted by Crippen LogP contribution is 2.12. The first kappa shape index (κ1) is 12.2. The van der Waals surface area contributed by atoms with E-state index < -0.39 is 11.8 Å². The van der Waals surface area contributed by atoms with Gasteiger partial charge in [0.25, 0.3) is 0 Å². The molecule has 0 aliphatic heterocycles. The van der Waals surface area contributed by atoms with Crippen LogP contribution in [0.5, 0.6) is 0 Å². The number of nitrogens with zero attached hydrogens (tertiary/aromatic N) is 3. The molecule has 0 spiro atoms. The second kappa shape index (κ2) is 5.31. The van der Waals surface area contributed by atoms with Gasteiger partial charge in [0.15, 0.2) is 0 Å². The predicted octanol–water partition coefficient (Wildman–Crippen LogP) is -1.41. The molecule has 8 nitrogen and oxygen atoms in total. The molecule has 88 valence electrons. The lowest BCUT2D eigenvalue weighted by Gasteiger charge is -2.15. The first-order valence-electron chi connectivity index (χ1n) is 4.23. The fourth-order valence-corrected chi connectivity index (χ4v) is 1.10. The van der Waals surface area contributed by atoms with Gasteiger partial charge in [-0.3, -0.25) is 9.59 Å². The molecule has 0 atom stereocenters. The van der Waals surface area contributed by atoms with E-state index in [4.69, 9.17) is 27.5 Å². The zero-order valence-corrected chi connectivity index (χ0v) is 8.98. The number of nitrogens with two attached hydrogens (primary N) is 2. The number of aromatic nitrogens is 2.